The SMILES string of the molecule is Cc1ccc(N/N=C/c2ccccc2OCC(C)C)cc1. The van der Waals surface area contributed by atoms with Gasteiger partial charge in [0, 0.05) is 5.56 Å². The second-order valence-corrected chi connectivity index (χ2v) is 5.48. The van der Waals surface area contributed by atoms with Gasteiger partial charge < -0.3 is 4.74 Å². The molecule has 0 unspecified atom stereocenters. The van der Waals surface area contributed by atoms with Gasteiger partial charge in [0.1, 0.15) is 5.75 Å². The molecule has 0 spiro atoms. The summed E-state index contributed by atoms with van der Waals surface area (Å²) in [6, 6.07) is 16.0. The lowest BCUT2D eigenvalue weighted by Crippen LogP contribution is -2.06. The fourth-order valence-corrected chi connectivity index (χ4v) is 1.78. The molecule has 0 saturated heterocycles. The summed E-state index contributed by atoms with van der Waals surface area (Å²) in [5.74, 6) is 1.36. The van der Waals surface area contributed by atoms with Crippen molar-refractivity contribution in [2.24, 2.45) is 11.0 Å². The normalized spacial score (nSPS) is 11.0. The van der Waals surface area contributed by atoms with Gasteiger partial charge in [0.2, 0.25) is 0 Å². The van der Waals surface area contributed by atoms with Crippen LogP contribution >= 0.6 is 0 Å². The highest BCUT2D eigenvalue weighted by atomic mass is 16.5. The summed E-state index contributed by atoms with van der Waals surface area (Å²) in [5, 5.41) is 4.27. The molecule has 0 bridgehead atoms. The average Bonchev–Trinajstić information content (AvgIpc) is 2.48. The molecule has 0 aliphatic rings. The van der Waals surface area contributed by atoms with Crippen LogP contribution in [0.5, 0.6) is 5.75 Å². The van der Waals surface area contributed by atoms with Gasteiger partial charge in [0.25, 0.3) is 0 Å². The molecular formula is C18H22N2O. The van der Waals surface area contributed by atoms with Gasteiger partial charge in [0.05, 0.1) is 18.5 Å². The van der Waals surface area contributed by atoms with E-state index in [-0.39, 0.29) is 0 Å². The summed E-state index contributed by atoms with van der Waals surface area (Å²) >= 11 is 0. The fourth-order valence-electron chi connectivity index (χ4n) is 1.78. The van der Waals surface area contributed by atoms with Crippen molar-refractivity contribution < 1.29 is 4.74 Å². The first-order valence-corrected chi connectivity index (χ1v) is 7.22. The third-order valence-electron chi connectivity index (χ3n) is 2.94. The lowest BCUT2D eigenvalue weighted by Gasteiger charge is -2.10. The Morgan fingerprint density at radius 1 is 1.10 bits per heavy atom. The topological polar surface area (TPSA) is 33.6 Å². The molecule has 3 heteroatoms. The Balaban J connectivity index is 2.01. The summed E-state index contributed by atoms with van der Waals surface area (Å²) in [6.45, 7) is 7.04. The number of hydrazone groups is 1. The van der Waals surface area contributed by atoms with Crippen LogP contribution in [0.3, 0.4) is 0 Å². The van der Waals surface area contributed by atoms with Gasteiger partial charge in [-0.3, -0.25) is 5.43 Å². The zero-order chi connectivity index (χ0) is 15.1. The maximum Gasteiger partial charge on any atom is 0.128 e. The van der Waals surface area contributed by atoms with E-state index in [4.69, 9.17) is 4.74 Å². The van der Waals surface area contributed by atoms with Crippen molar-refractivity contribution in [3.05, 3.63) is 59.7 Å². The quantitative estimate of drug-likeness (QED) is 0.626. The zero-order valence-electron chi connectivity index (χ0n) is 12.8. The minimum atomic E-state index is 0.501. The van der Waals surface area contributed by atoms with Crippen molar-refractivity contribution in [2.75, 3.05) is 12.0 Å². The maximum atomic E-state index is 5.80. The molecule has 0 atom stereocenters. The molecule has 2 rings (SSSR count). The Labute approximate surface area is 126 Å². The lowest BCUT2D eigenvalue weighted by molar-refractivity contribution is 0.271. The molecule has 0 radical (unpaired) electrons. The lowest BCUT2D eigenvalue weighted by atomic mass is 10.2. The molecule has 0 fully saturated rings. The molecule has 0 aromatic heterocycles. The second-order valence-electron chi connectivity index (χ2n) is 5.48. The molecule has 3 nitrogen and oxygen atoms in total. The molecule has 1 N–H and O–H groups in total. The van der Waals surface area contributed by atoms with Gasteiger partial charge in [0.15, 0.2) is 0 Å². The van der Waals surface area contributed by atoms with E-state index in [2.05, 4.69) is 43.4 Å². The number of hydrogen-bond acceptors (Lipinski definition) is 3. The summed E-state index contributed by atoms with van der Waals surface area (Å²) in [7, 11) is 0. The van der Waals surface area contributed by atoms with Crippen LogP contribution in [-0.2, 0) is 0 Å². The maximum absolute atomic E-state index is 5.80. The van der Waals surface area contributed by atoms with E-state index in [9.17, 15) is 0 Å². The van der Waals surface area contributed by atoms with Crippen LogP contribution < -0.4 is 10.2 Å². The van der Waals surface area contributed by atoms with Crippen LogP contribution in [0, 0.1) is 12.8 Å². The van der Waals surface area contributed by atoms with E-state index < -0.39 is 0 Å². The number of para-hydroxylation sites is 1. The molecule has 21 heavy (non-hydrogen) atoms. The first-order valence-electron chi connectivity index (χ1n) is 7.22. The summed E-state index contributed by atoms with van der Waals surface area (Å²) in [5.41, 5.74) is 6.20. The average molecular weight is 282 g/mol. The number of anilines is 1. The molecule has 0 saturated carbocycles. The van der Waals surface area contributed by atoms with Crippen molar-refractivity contribution in [3.8, 4) is 5.75 Å². The number of nitrogens with one attached hydrogen (secondary N) is 1. The number of ether oxygens (including phenoxy) is 1. The monoisotopic (exact) mass is 282 g/mol. The third kappa shape index (κ3) is 4.95. The first-order chi connectivity index (χ1) is 10.1. The van der Waals surface area contributed by atoms with Crippen molar-refractivity contribution in [2.45, 2.75) is 20.8 Å². The summed E-state index contributed by atoms with van der Waals surface area (Å²) in [6.07, 6.45) is 1.79. The largest absolute Gasteiger partial charge is 0.493 e. The van der Waals surface area contributed by atoms with E-state index >= 15 is 0 Å². The molecule has 2 aromatic rings. The van der Waals surface area contributed by atoms with Crippen LogP contribution in [-0.4, -0.2) is 12.8 Å². The Bertz CT molecular complexity index is 588. The van der Waals surface area contributed by atoms with Crippen molar-refractivity contribution in [3.63, 3.8) is 0 Å². The molecule has 110 valence electrons. The second kappa shape index (κ2) is 7.48. The first kappa shape index (κ1) is 15.1. The van der Waals surface area contributed by atoms with Crippen LogP contribution in [0.4, 0.5) is 5.69 Å². The zero-order valence-corrected chi connectivity index (χ0v) is 12.8. The van der Waals surface area contributed by atoms with Gasteiger partial charge in [-0.25, -0.2) is 0 Å². The van der Waals surface area contributed by atoms with E-state index in [1.807, 2.05) is 36.4 Å². The van der Waals surface area contributed by atoms with Crippen LogP contribution in [0.15, 0.2) is 53.6 Å². The molecular weight excluding hydrogens is 260 g/mol. The molecule has 0 aliphatic carbocycles. The Kier molecular flexibility index (Phi) is 5.38. The fraction of sp³-hybridized carbons (Fsp3) is 0.278. The highest BCUT2D eigenvalue weighted by Crippen LogP contribution is 2.17. The number of rotatable bonds is 6. The van der Waals surface area contributed by atoms with E-state index in [0.29, 0.717) is 12.5 Å². The molecule has 0 amide bonds. The van der Waals surface area contributed by atoms with Gasteiger partial charge in [-0.2, -0.15) is 5.10 Å². The molecule has 0 heterocycles. The minimum Gasteiger partial charge on any atom is -0.493 e. The third-order valence-corrected chi connectivity index (χ3v) is 2.94. The van der Waals surface area contributed by atoms with Crippen molar-refractivity contribution in [1.29, 1.82) is 0 Å². The predicted molar refractivity (Wildman–Crippen MR) is 89.2 cm³/mol. The van der Waals surface area contributed by atoms with Crippen molar-refractivity contribution in [1.82, 2.24) is 0 Å². The number of aryl methyl sites for hydroxylation is 1. The van der Waals surface area contributed by atoms with Crippen LogP contribution in [0.2, 0.25) is 0 Å². The number of nitrogens with zero attached hydrogens (tertiary/aromatic N) is 1. The van der Waals surface area contributed by atoms with Gasteiger partial charge in [-0.15, -0.1) is 0 Å². The molecule has 0 aliphatic heterocycles. The van der Waals surface area contributed by atoms with Crippen LogP contribution in [0.25, 0.3) is 0 Å². The van der Waals surface area contributed by atoms with Crippen molar-refractivity contribution >= 4 is 11.9 Å². The Morgan fingerprint density at radius 3 is 2.52 bits per heavy atom. The Hall–Kier alpha value is -2.29. The van der Waals surface area contributed by atoms with Crippen LogP contribution in [0.1, 0.15) is 25.0 Å². The Morgan fingerprint density at radius 2 is 1.81 bits per heavy atom. The van der Waals surface area contributed by atoms with E-state index in [1.54, 1.807) is 6.21 Å². The van der Waals surface area contributed by atoms with Gasteiger partial charge >= 0.3 is 0 Å². The standard InChI is InChI=1S/C18H22N2O/c1-14(2)13-21-18-7-5-4-6-16(18)12-19-20-17-10-8-15(3)9-11-17/h4-12,14,20H,13H2,1-3H3/b19-12+. The van der Waals surface area contributed by atoms with E-state index in [0.717, 1.165) is 17.0 Å². The predicted octanol–water partition coefficient (Wildman–Crippen LogP) is 4.48. The number of benzene rings is 2. The minimum absolute atomic E-state index is 0.501. The summed E-state index contributed by atoms with van der Waals surface area (Å²) < 4.78 is 5.80. The summed E-state index contributed by atoms with van der Waals surface area (Å²) in [4.78, 5) is 0. The van der Waals surface area contributed by atoms with Gasteiger partial charge in [-0.05, 0) is 37.1 Å². The molecule has 2 aromatic carbocycles. The highest BCUT2D eigenvalue weighted by Gasteiger charge is 2.01. The highest BCUT2D eigenvalue weighted by molar-refractivity contribution is 5.83. The van der Waals surface area contributed by atoms with Gasteiger partial charge in [-0.1, -0.05) is 43.7 Å². The smallest absolute Gasteiger partial charge is 0.128 e. The number of hydrogen-bond donors (Lipinski definition) is 1. The van der Waals surface area contributed by atoms with E-state index in [1.165, 1.54) is 5.56 Å².